The highest BCUT2D eigenvalue weighted by atomic mass is 19.1. The first-order valence-corrected chi connectivity index (χ1v) is 8.94. The van der Waals surface area contributed by atoms with E-state index in [0.29, 0.717) is 11.9 Å². The van der Waals surface area contributed by atoms with E-state index in [9.17, 15) is 4.39 Å². The van der Waals surface area contributed by atoms with Crippen molar-refractivity contribution < 1.29 is 4.39 Å². The molecule has 1 atom stereocenters. The van der Waals surface area contributed by atoms with Crippen molar-refractivity contribution >= 4 is 28.4 Å². The molecule has 134 valence electrons. The second-order valence-electron chi connectivity index (χ2n) is 7.08. The van der Waals surface area contributed by atoms with Crippen LogP contribution in [0, 0.1) is 17.7 Å². The molecule has 0 aliphatic carbocycles. The third kappa shape index (κ3) is 2.76. The van der Waals surface area contributed by atoms with Crippen LogP contribution in [0.4, 0.5) is 21.8 Å². The average molecular weight is 353 g/mol. The Balaban J connectivity index is 1.36. The molecular formula is C18H20FN7. The van der Waals surface area contributed by atoms with E-state index in [0.717, 1.165) is 55.1 Å². The third-order valence-corrected chi connectivity index (χ3v) is 5.42. The normalized spacial score (nSPS) is 20.5. The second-order valence-corrected chi connectivity index (χ2v) is 7.08. The average Bonchev–Trinajstić information content (AvgIpc) is 3.24. The van der Waals surface area contributed by atoms with E-state index in [-0.39, 0.29) is 5.82 Å². The number of benzene rings is 1. The first-order valence-electron chi connectivity index (χ1n) is 8.94. The van der Waals surface area contributed by atoms with E-state index in [4.69, 9.17) is 0 Å². The zero-order valence-corrected chi connectivity index (χ0v) is 14.2. The van der Waals surface area contributed by atoms with Crippen LogP contribution in [-0.2, 0) is 0 Å². The maximum absolute atomic E-state index is 14.2. The summed E-state index contributed by atoms with van der Waals surface area (Å²) in [5.41, 5.74) is 1.70. The zero-order chi connectivity index (χ0) is 17.5. The molecule has 2 aromatic heterocycles. The number of nitrogens with zero attached hydrogens (tertiary/aromatic N) is 4. The lowest BCUT2D eigenvalue weighted by Crippen LogP contribution is -2.46. The molecule has 3 aromatic rings. The predicted molar refractivity (Wildman–Crippen MR) is 98.0 cm³/mol. The highest BCUT2D eigenvalue weighted by Crippen LogP contribution is 2.30. The molecule has 2 aliphatic rings. The Morgan fingerprint density at radius 2 is 2.12 bits per heavy atom. The van der Waals surface area contributed by atoms with Crippen LogP contribution in [0.5, 0.6) is 0 Å². The Labute approximate surface area is 150 Å². The van der Waals surface area contributed by atoms with Gasteiger partial charge in [0.1, 0.15) is 0 Å². The molecule has 2 saturated heterocycles. The summed E-state index contributed by atoms with van der Waals surface area (Å²) in [5.74, 6) is 1.75. The molecule has 7 nitrogen and oxygen atoms in total. The summed E-state index contributed by atoms with van der Waals surface area (Å²) in [6.45, 7) is 4.07. The Morgan fingerprint density at radius 3 is 2.96 bits per heavy atom. The van der Waals surface area contributed by atoms with Gasteiger partial charge in [-0.25, -0.2) is 9.37 Å². The van der Waals surface area contributed by atoms with E-state index in [1.165, 1.54) is 6.20 Å². The van der Waals surface area contributed by atoms with Crippen molar-refractivity contribution in [2.45, 2.75) is 6.42 Å². The SMILES string of the molecule is Fc1cnc(N2CCC(C3CNC3)C2)nc1Nc1ccc2[nH]ncc2c1. The highest BCUT2D eigenvalue weighted by Gasteiger charge is 2.33. The van der Waals surface area contributed by atoms with Crippen LogP contribution >= 0.6 is 0 Å². The Bertz CT molecular complexity index is 936. The number of hydrogen-bond donors (Lipinski definition) is 3. The molecule has 5 rings (SSSR count). The van der Waals surface area contributed by atoms with Crippen molar-refractivity contribution in [1.82, 2.24) is 25.5 Å². The van der Waals surface area contributed by atoms with E-state index < -0.39 is 5.82 Å². The summed E-state index contributed by atoms with van der Waals surface area (Å²) in [5, 5.41) is 14.3. The number of H-pyrrole nitrogens is 1. The molecule has 0 spiro atoms. The van der Waals surface area contributed by atoms with Gasteiger partial charge in [0.25, 0.3) is 0 Å². The number of aromatic nitrogens is 4. The van der Waals surface area contributed by atoms with Gasteiger partial charge < -0.3 is 15.5 Å². The summed E-state index contributed by atoms with van der Waals surface area (Å²) in [7, 11) is 0. The van der Waals surface area contributed by atoms with Crippen LogP contribution in [0.1, 0.15) is 6.42 Å². The Kier molecular flexibility index (Phi) is 3.70. The van der Waals surface area contributed by atoms with Crippen LogP contribution in [0.2, 0.25) is 0 Å². The van der Waals surface area contributed by atoms with Gasteiger partial charge in [-0.15, -0.1) is 0 Å². The van der Waals surface area contributed by atoms with Crippen molar-refractivity contribution in [1.29, 1.82) is 0 Å². The molecule has 2 fully saturated rings. The summed E-state index contributed by atoms with van der Waals surface area (Å²) in [6.07, 6.45) is 4.13. The van der Waals surface area contributed by atoms with Gasteiger partial charge in [0.15, 0.2) is 11.6 Å². The number of rotatable bonds is 4. The largest absolute Gasteiger partial charge is 0.340 e. The number of aromatic amines is 1. The number of hydrogen-bond acceptors (Lipinski definition) is 6. The maximum Gasteiger partial charge on any atom is 0.227 e. The van der Waals surface area contributed by atoms with Crippen molar-refractivity contribution in [3.05, 3.63) is 36.4 Å². The molecule has 0 bridgehead atoms. The van der Waals surface area contributed by atoms with Gasteiger partial charge in [0.05, 0.1) is 17.9 Å². The fourth-order valence-corrected chi connectivity index (χ4v) is 3.75. The molecule has 1 aromatic carbocycles. The first kappa shape index (κ1) is 15.5. The van der Waals surface area contributed by atoms with E-state index in [1.807, 2.05) is 18.2 Å². The minimum atomic E-state index is -0.458. The number of fused-ring (bicyclic) bond motifs is 1. The molecule has 0 radical (unpaired) electrons. The summed E-state index contributed by atoms with van der Waals surface area (Å²) >= 11 is 0. The van der Waals surface area contributed by atoms with E-state index in [1.54, 1.807) is 6.20 Å². The Hall–Kier alpha value is -2.74. The van der Waals surface area contributed by atoms with Crippen LogP contribution in [0.25, 0.3) is 10.9 Å². The number of halogens is 1. The van der Waals surface area contributed by atoms with Gasteiger partial charge in [0, 0.05) is 24.2 Å². The molecule has 0 saturated carbocycles. The third-order valence-electron chi connectivity index (χ3n) is 5.42. The fraction of sp³-hybridized carbons (Fsp3) is 0.389. The maximum atomic E-state index is 14.2. The van der Waals surface area contributed by atoms with Gasteiger partial charge in [0.2, 0.25) is 5.95 Å². The smallest absolute Gasteiger partial charge is 0.227 e. The lowest BCUT2D eigenvalue weighted by atomic mass is 9.87. The Morgan fingerprint density at radius 1 is 1.19 bits per heavy atom. The van der Waals surface area contributed by atoms with Gasteiger partial charge in [-0.05, 0) is 49.5 Å². The number of anilines is 3. The quantitative estimate of drug-likeness (QED) is 0.668. The fourth-order valence-electron chi connectivity index (χ4n) is 3.75. The van der Waals surface area contributed by atoms with Gasteiger partial charge in [-0.3, -0.25) is 5.10 Å². The van der Waals surface area contributed by atoms with Crippen LogP contribution < -0.4 is 15.5 Å². The molecule has 2 aliphatic heterocycles. The van der Waals surface area contributed by atoms with Crippen molar-refractivity contribution in [3.63, 3.8) is 0 Å². The van der Waals surface area contributed by atoms with Crippen LogP contribution in [0.15, 0.2) is 30.6 Å². The monoisotopic (exact) mass is 353 g/mol. The minimum Gasteiger partial charge on any atom is -0.340 e. The standard InChI is InChI=1S/C18H20FN7/c19-15-9-21-18(26-4-3-11(10-26)13-6-20-7-13)24-17(15)23-14-1-2-16-12(5-14)8-22-25-16/h1-2,5,8-9,11,13,20H,3-4,6-7,10H2,(H,22,25)(H,21,23,24). The van der Waals surface area contributed by atoms with Gasteiger partial charge in [-0.1, -0.05) is 0 Å². The van der Waals surface area contributed by atoms with Gasteiger partial charge in [-0.2, -0.15) is 10.1 Å². The lowest BCUT2D eigenvalue weighted by molar-refractivity contribution is 0.250. The van der Waals surface area contributed by atoms with Crippen LogP contribution in [-0.4, -0.2) is 46.3 Å². The highest BCUT2D eigenvalue weighted by molar-refractivity contribution is 5.82. The topological polar surface area (TPSA) is 81.8 Å². The molecule has 0 amide bonds. The van der Waals surface area contributed by atoms with E-state index in [2.05, 4.69) is 35.7 Å². The molecule has 4 heterocycles. The molecule has 3 N–H and O–H groups in total. The summed E-state index contributed by atoms with van der Waals surface area (Å²) < 4.78 is 14.2. The predicted octanol–water partition coefficient (Wildman–Crippen LogP) is 2.28. The van der Waals surface area contributed by atoms with Crippen molar-refractivity contribution in [2.75, 3.05) is 36.4 Å². The van der Waals surface area contributed by atoms with Crippen LogP contribution in [0.3, 0.4) is 0 Å². The second kappa shape index (κ2) is 6.21. The summed E-state index contributed by atoms with van der Waals surface area (Å²) in [6, 6.07) is 5.69. The zero-order valence-electron chi connectivity index (χ0n) is 14.2. The van der Waals surface area contributed by atoms with Crippen molar-refractivity contribution in [3.8, 4) is 0 Å². The molecule has 8 heteroatoms. The molecular weight excluding hydrogens is 333 g/mol. The lowest BCUT2D eigenvalue weighted by Gasteiger charge is -2.32. The first-order chi connectivity index (χ1) is 12.8. The minimum absolute atomic E-state index is 0.201. The number of nitrogens with one attached hydrogen (secondary N) is 3. The molecule has 26 heavy (non-hydrogen) atoms. The summed E-state index contributed by atoms with van der Waals surface area (Å²) in [4.78, 5) is 10.8. The van der Waals surface area contributed by atoms with E-state index >= 15 is 0 Å². The van der Waals surface area contributed by atoms with Gasteiger partial charge >= 0.3 is 0 Å². The molecule has 1 unspecified atom stereocenters. The van der Waals surface area contributed by atoms with Crippen molar-refractivity contribution in [2.24, 2.45) is 11.8 Å².